The van der Waals surface area contributed by atoms with Crippen LogP contribution in [0.4, 0.5) is 0 Å². The van der Waals surface area contributed by atoms with Crippen molar-refractivity contribution in [2.75, 3.05) is 26.2 Å². The third-order valence-corrected chi connectivity index (χ3v) is 9.41. The number of rotatable bonds is 10. The van der Waals surface area contributed by atoms with Crippen LogP contribution in [0.2, 0.25) is 25.7 Å². The van der Waals surface area contributed by atoms with E-state index in [0.29, 0.717) is 24.7 Å². The monoisotopic (exact) mass is 531 g/mol. The number of hydrogen-bond acceptors (Lipinski definition) is 5. The van der Waals surface area contributed by atoms with E-state index >= 15 is 0 Å². The van der Waals surface area contributed by atoms with Crippen LogP contribution in [0.3, 0.4) is 0 Å². The molecule has 1 saturated heterocycles. The number of likely N-dealkylation sites (tertiary alicyclic amines) is 1. The number of pyridine rings is 2. The van der Waals surface area contributed by atoms with Crippen LogP contribution in [-0.2, 0) is 24.4 Å². The zero-order valence-corrected chi connectivity index (χ0v) is 24.0. The molecule has 38 heavy (non-hydrogen) atoms. The van der Waals surface area contributed by atoms with Gasteiger partial charge in [-0.1, -0.05) is 43.9 Å². The number of hydrogen-bond donors (Lipinski definition) is 1. The largest absolute Gasteiger partial charge is 0.361 e. The first-order valence-corrected chi connectivity index (χ1v) is 17.6. The zero-order valence-electron chi connectivity index (χ0n) is 23.0. The normalized spacial score (nSPS) is 15.6. The Labute approximate surface area is 226 Å². The molecule has 0 aliphatic carbocycles. The van der Waals surface area contributed by atoms with Crippen molar-refractivity contribution >= 4 is 30.0 Å². The van der Waals surface area contributed by atoms with E-state index in [2.05, 4.69) is 69.0 Å². The summed E-state index contributed by atoms with van der Waals surface area (Å²) in [5, 5.41) is 1.71. The molecule has 3 aromatic heterocycles. The SMILES string of the molecule is C[Si](C)(C)CCOCn1ccc2c1ncc1c(=O)ccn(C3CCN(Cc4ccc(CCN)cc4)CC3)c12. The van der Waals surface area contributed by atoms with Crippen LogP contribution in [0.15, 0.2) is 59.8 Å². The number of fused-ring (bicyclic) bond motifs is 3. The highest BCUT2D eigenvalue weighted by molar-refractivity contribution is 6.76. The minimum absolute atomic E-state index is 0.0281. The molecule has 8 heteroatoms. The Hall–Kier alpha value is -2.78. The Bertz CT molecular complexity index is 1430. The van der Waals surface area contributed by atoms with Gasteiger partial charge in [-0.05, 0) is 49.0 Å². The van der Waals surface area contributed by atoms with Crippen LogP contribution in [-0.4, -0.2) is 53.3 Å². The van der Waals surface area contributed by atoms with Gasteiger partial charge >= 0.3 is 0 Å². The molecular weight excluding hydrogens is 490 g/mol. The number of aromatic nitrogens is 3. The van der Waals surface area contributed by atoms with Gasteiger partial charge in [0.2, 0.25) is 0 Å². The predicted molar refractivity (Wildman–Crippen MR) is 158 cm³/mol. The minimum atomic E-state index is -1.13. The van der Waals surface area contributed by atoms with Crippen LogP contribution >= 0.6 is 0 Å². The summed E-state index contributed by atoms with van der Waals surface area (Å²) in [6, 6.07) is 14.1. The third-order valence-electron chi connectivity index (χ3n) is 7.71. The molecule has 0 atom stereocenters. The van der Waals surface area contributed by atoms with Crippen LogP contribution in [0, 0.1) is 0 Å². The molecule has 1 fully saturated rings. The average Bonchev–Trinajstić information content (AvgIpc) is 3.32. The summed E-state index contributed by atoms with van der Waals surface area (Å²) in [6.45, 7) is 12.0. The molecule has 0 saturated carbocycles. The maximum atomic E-state index is 12.8. The molecule has 0 unspecified atom stereocenters. The molecule has 0 bridgehead atoms. The van der Waals surface area contributed by atoms with Gasteiger partial charge < -0.3 is 19.6 Å². The molecule has 2 N–H and O–H groups in total. The molecular formula is C30H41N5O2Si. The Morgan fingerprint density at radius 1 is 1.00 bits per heavy atom. The second-order valence-electron chi connectivity index (χ2n) is 11.8. The first-order chi connectivity index (χ1) is 18.3. The number of ether oxygens (including phenoxy) is 1. The van der Waals surface area contributed by atoms with Crippen molar-refractivity contribution in [2.24, 2.45) is 5.73 Å². The number of nitrogens with two attached hydrogens (primary N) is 1. The van der Waals surface area contributed by atoms with Crippen molar-refractivity contribution in [1.29, 1.82) is 0 Å². The molecule has 1 aliphatic rings. The lowest BCUT2D eigenvalue weighted by Gasteiger charge is -2.34. The molecule has 7 nitrogen and oxygen atoms in total. The van der Waals surface area contributed by atoms with Crippen molar-refractivity contribution in [3.8, 4) is 0 Å². The smallest absolute Gasteiger partial charge is 0.190 e. The van der Waals surface area contributed by atoms with Crippen LogP contribution in [0.1, 0.15) is 30.0 Å². The van der Waals surface area contributed by atoms with Gasteiger partial charge in [0.15, 0.2) is 5.43 Å². The fourth-order valence-electron chi connectivity index (χ4n) is 5.44. The summed E-state index contributed by atoms with van der Waals surface area (Å²) < 4.78 is 10.4. The highest BCUT2D eigenvalue weighted by Crippen LogP contribution is 2.30. The van der Waals surface area contributed by atoms with Gasteiger partial charge in [0.1, 0.15) is 12.4 Å². The Kier molecular flexibility index (Phi) is 8.14. The van der Waals surface area contributed by atoms with E-state index in [0.717, 1.165) is 68.1 Å². The summed E-state index contributed by atoms with van der Waals surface area (Å²) in [5.41, 5.74) is 10.2. The molecule has 4 heterocycles. The van der Waals surface area contributed by atoms with E-state index < -0.39 is 8.07 Å². The Morgan fingerprint density at radius 2 is 1.74 bits per heavy atom. The van der Waals surface area contributed by atoms with E-state index in [-0.39, 0.29) is 5.43 Å². The lowest BCUT2D eigenvalue weighted by Crippen LogP contribution is -2.34. The lowest BCUT2D eigenvalue weighted by molar-refractivity contribution is 0.0899. The molecule has 5 rings (SSSR count). The van der Waals surface area contributed by atoms with Crippen molar-refractivity contribution in [1.82, 2.24) is 19.0 Å². The van der Waals surface area contributed by atoms with Gasteiger partial charge in [-0.25, -0.2) is 4.98 Å². The Morgan fingerprint density at radius 3 is 2.45 bits per heavy atom. The van der Waals surface area contributed by atoms with Gasteiger partial charge in [0.05, 0.1) is 10.9 Å². The third kappa shape index (κ3) is 6.09. The second kappa shape index (κ2) is 11.5. The topological polar surface area (TPSA) is 78.3 Å². The van der Waals surface area contributed by atoms with Gasteiger partial charge in [0, 0.05) is 70.4 Å². The zero-order chi connectivity index (χ0) is 26.7. The number of benzene rings is 1. The first kappa shape index (κ1) is 26.8. The maximum Gasteiger partial charge on any atom is 0.190 e. The molecule has 0 spiro atoms. The fourth-order valence-corrected chi connectivity index (χ4v) is 6.19. The first-order valence-electron chi connectivity index (χ1n) is 13.9. The van der Waals surface area contributed by atoms with Gasteiger partial charge in [0.25, 0.3) is 0 Å². The number of nitrogens with zero attached hydrogens (tertiary/aromatic N) is 4. The molecule has 202 valence electrons. The second-order valence-corrected chi connectivity index (χ2v) is 17.5. The minimum Gasteiger partial charge on any atom is -0.361 e. The van der Waals surface area contributed by atoms with Crippen molar-refractivity contribution in [3.63, 3.8) is 0 Å². The molecule has 0 amide bonds. The van der Waals surface area contributed by atoms with E-state index in [1.54, 1.807) is 12.3 Å². The van der Waals surface area contributed by atoms with Gasteiger partial charge in [-0.3, -0.25) is 9.69 Å². The van der Waals surface area contributed by atoms with Crippen molar-refractivity contribution < 1.29 is 4.74 Å². The van der Waals surface area contributed by atoms with Gasteiger partial charge in [-0.15, -0.1) is 0 Å². The van der Waals surface area contributed by atoms with E-state index in [1.165, 1.54) is 11.1 Å². The fraction of sp³-hybridized carbons (Fsp3) is 0.467. The quantitative estimate of drug-likeness (QED) is 0.230. The lowest BCUT2D eigenvalue weighted by atomic mass is 10.0. The van der Waals surface area contributed by atoms with E-state index in [4.69, 9.17) is 10.5 Å². The van der Waals surface area contributed by atoms with Crippen LogP contribution in [0.25, 0.3) is 21.9 Å². The summed E-state index contributed by atoms with van der Waals surface area (Å²) in [6.07, 6.45) is 8.80. The highest BCUT2D eigenvalue weighted by atomic mass is 28.3. The summed E-state index contributed by atoms with van der Waals surface area (Å²) in [5.74, 6) is 0. The van der Waals surface area contributed by atoms with Gasteiger partial charge in [-0.2, -0.15) is 0 Å². The van der Waals surface area contributed by atoms with Crippen molar-refractivity contribution in [3.05, 3.63) is 76.3 Å². The van der Waals surface area contributed by atoms with Crippen LogP contribution < -0.4 is 11.2 Å². The van der Waals surface area contributed by atoms with Crippen molar-refractivity contribution in [2.45, 2.75) is 64.3 Å². The predicted octanol–water partition coefficient (Wildman–Crippen LogP) is 5.00. The molecule has 4 aromatic rings. The standard InChI is InChI=1S/C30H41N5O2Si/c1-38(2,3)19-18-37-22-34-16-11-26-29-27(20-32-30(26)34)28(36)12-17-35(29)25-9-14-33(15-10-25)21-24-6-4-23(5-7-24)8-13-31/h4-7,11-12,16-17,20,25H,8-10,13-15,18-19,21-22,31H2,1-3H3. The van der Waals surface area contributed by atoms with E-state index in [9.17, 15) is 4.79 Å². The summed E-state index contributed by atoms with van der Waals surface area (Å²) in [4.78, 5) is 20.0. The maximum absolute atomic E-state index is 12.8. The summed E-state index contributed by atoms with van der Waals surface area (Å²) >= 11 is 0. The molecule has 0 radical (unpaired) electrons. The highest BCUT2D eigenvalue weighted by Gasteiger charge is 2.23. The van der Waals surface area contributed by atoms with E-state index in [1.807, 2.05) is 12.4 Å². The summed E-state index contributed by atoms with van der Waals surface area (Å²) in [7, 11) is -1.13. The Balaban J connectivity index is 1.32. The number of piperidine rings is 1. The van der Waals surface area contributed by atoms with Crippen LogP contribution in [0.5, 0.6) is 0 Å². The average molecular weight is 532 g/mol. The molecule has 1 aliphatic heterocycles. The molecule has 1 aromatic carbocycles.